The summed E-state index contributed by atoms with van der Waals surface area (Å²) in [7, 11) is 0. The number of hydrogen-bond donors (Lipinski definition) is 1. The second-order valence-corrected chi connectivity index (χ2v) is 19.1. The number of phenols is 1. The van der Waals surface area contributed by atoms with E-state index in [1.807, 2.05) is 101 Å². The molecule has 0 aliphatic carbocycles. The zero-order valence-corrected chi connectivity index (χ0v) is 39.5. The molecule has 2 aromatic heterocycles. The fraction of sp³-hybridized carbons (Fsp3) is 0.288. The van der Waals surface area contributed by atoms with Crippen molar-refractivity contribution in [1.82, 2.24) is 14.5 Å². The molecule has 6 aromatic carbocycles. The van der Waals surface area contributed by atoms with Crippen molar-refractivity contribution in [2.45, 2.75) is 111 Å². The smallest absolute Gasteiger partial charge is 0.148 e. The summed E-state index contributed by atoms with van der Waals surface area (Å²) < 4.78 is 166. The van der Waals surface area contributed by atoms with Crippen molar-refractivity contribution in [3.05, 3.63) is 167 Å². The maximum Gasteiger partial charge on any atom is 0.148 e. The first-order valence-electron chi connectivity index (χ1n) is 30.2. The first kappa shape index (κ1) is 27.7. The van der Waals surface area contributed by atoms with Crippen molar-refractivity contribution >= 4 is 11.0 Å². The Kier molecular flexibility index (Phi) is 7.39. The van der Waals surface area contributed by atoms with Crippen LogP contribution in [-0.4, -0.2) is 19.6 Å². The van der Waals surface area contributed by atoms with E-state index in [1.54, 1.807) is 36.4 Å². The number of aryl methyl sites for hydroxylation is 1. The Balaban J connectivity index is 0.00000990. The quantitative estimate of drug-likeness (QED) is 0.169. The molecule has 0 saturated carbocycles. The third-order valence-electron chi connectivity index (χ3n) is 11.2. The Morgan fingerprint density at radius 3 is 1.95 bits per heavy atom. The van der Waals surface area contributed by atoms with Gasteiger partial charge in [0, 0.05) is 60.5 Å². The average molecular weight is 1040 g/mol. The summed E-state index contributed by atoms with van der Waals surface area (Å²) in [5.74, 6) is 0.297. The van der Waals surface area contributed by atoms with Crippen LogP contribution < -0.4 is 0 Å². The van der Waals surface area contributed by atoms with Crippen LogP contribution in [0.3, 0.4) is 0 Å². The minimum absolute atomic E-state index is 0. The van der Waals surface area contributed by atoms with Gasteiger partial charge in [0.05, 0.1) is 31.9 Å². The van der Waals surface area contributed by atoms with Crippen LogP contribution >= 0.6 is 0 Å². The number of rotatable bonds is 6. The number of aromatic nitrogens is 3. The third kappa shape index (κ3) is 9.18. The minimum Gasteiger partial charge on any atom is -0.507 e. The predicted molar refractivity (Wildman–Crippen MR) is 266 cm³/mol. The molecule has 4 nitrogen and oxygen atoms in total. The van der Waals surface area contributed by atoms with Crippen molar-refractivity contribution in [3.63, 3.8) is 0 Å². The van der Waals surface area contributed by atoms with E-state index in [-0.39, 0.29) is 43.6 Å². The Hall–Kier alpha value is -5.57. The molecule has 64 heavy (non-hydrogen) atoms. The number of benzene rings is 6. The zero-order valence-electron chi connectivity index (χ0n) is 56.3. The summed E-state index contributed by atoms with van der Waals surface area (Å²) >= 11 is 0. The van der Waals surface area contributed by atoms with Crippen LogP contribution in [0.2, 0.25) is 0 Å². The van der Waals surface area contributed by atoms with Crippen LogP contribution in [-0.2, 0) is 42.7 Å². The van der Waals surface area contributed by atoms with Gasteiger partial charge in [0.15, 0.2) is 0 Å². The van der Waals surface area contributed by atoms with Crippen molar-refractivity contribution in [1.29, 1.82) is 0 Å². The molecule has 0 amide bonds. The van der Waals surface area contributed by atoms with Gasteiger partial charge >= 0.3 is 0 Å². The van der Waals surface area contributed by atoms with Gasteiger partial charge in [-0.1, -0.05) is 184 Å². The number of imidazole rings is 1. The molecular weight excluding hydrogens is 962 g/mol. The van der Waals surface area contributed by atoms with Gasteiger partial charge in [0.2, 0.25) is 0 Å². The van der Waals surface area contributed by atoms with E-state index in [4.69, 9.17) is 26.9 Å². The van der Waals surface area contributed by atoms with Crippen LogP contribution in [0, 0.1) is 12.9 Å². The predicted octanol–water partition coefficient (Wildman–Crippen LogP) is 15.8. The first-order valence-corrected chi connectivity index (χ1v) is 20.7. The summed E-state index contributed by atoms with van der Waals surface area (Å²) in [5.41, 5.74) is -2.33. The number of pyridine rings is 1. The van der Waals surface area contributed by atoms with Gasteiger partial charge in [-0.25, -0.2) is 4.98 Å². The molecule has 0 saturated heterocycles. The Labute approximate surface area is 422 Å². The summed E-state index contributed by atoms with van der Waals surface area (Å²) in [6, 6.07) is 24.0. The van der Waals surface area contributed by atoms with Crippen LogP contribution in [0.4, 0.5) is 0 Å². The topological polar surface area (TPSA) is 50.9 Å². The number of nitrogens with zero attached hydrogens (tertiary/aromatic N) is 3. The fourth-order valence-corrected chi connectivity index (χ4v) is 7.60. The van der Waals surface area contributed by atoms with E-state index in [2.05, 4.69) is 31.8 Å². The molecule has 0 aliphatic heterocycles. The molecule has 1 N–H and O–H groups in total. The van der Waals surface area contributed by atoms with Gasteiger partial charge in [-0.15, -0.1) is 29.3 Å². The van der Waals surface area contributed by atoms with Crippen molar-refractivity contribution in [2.24, 2.45) is 0 Å². The summed E-state index contributed by atoms with van der Waals surface area (Å²) in [6.07, 6.45) is -0.781. The molecule has 0 spiro atoms. The van der Waals surface area contributed by atoms with E-state index >= 15 is 0 Å². The monoisotopic (exact) mass is 1040 g/mol. The molecule has 330 valence electrons. The number of aromatic hydroxyl groups is 1. The molecule has 8 aromatic rings. The van der Waals surface area contributed by atoms with E-state index in [9.17, 15) is 9.22 Å². The largest absolute Gasteiger partial charge is 0.507 e. The first-order chi connectivity index (χ1) is 37.5. The Morgan fingerprint density at radius 1 is 0.609 bits per heavy atom. The van der Waals surface area contributed by atoms with Crippen LogP contribution in [0.5, 0.6) is 5.75 Å². The van der Waals surface area contributed by atoms with Crippen LogP contribution in [0.15, 0.2) is 133 Å². The number of phenolic OH excluding ortho intramolecular Hbond substituents is 1. The van der Waals surface area contributed by atoms with Crippen LogP contribution in [0.1, 0.15) is 137 Å². The van der Waals surface area contributed by atoms with E-state index in [0.717, 1.165) is 5.56 Å². The van der Waals surface area contributed by atoms with E-state index in [0.29, 0.717) is 61.5 Å². The van der Waals surface area contributed by atoms with Gasteiger partial charge in [-0.2, -0.15) is 0 Å². The average Bonchev–Trinajstić information content (AvgIpc) is 0.954. The van der Waals surface area contributed by atoms with Crippen LogP contribution in [0.25, 0.3) is 72.7 Å². The normalized spacial score (nSPS) is 17.5. The van der Waals surface area contributed by atoms with Gasteiger partial charge in [0.25, 0.3) is 0 Å². The molecule has 0 bridgehead atoms. The van der Waals surface area contributed by atoms with Crippen molar-refractivity contribution in [2.75, 3.05) is 0 Å². The maximum atomic E-state index is 12.6. The van der Waals surface area contributed by atoms with E-state index < -0.39 is 108 Å². The zero-order chi connectivity index (χ0) is 61.3. The maximum absolute atomic E-state index is 12.6. The Bertz CT molecular complexity index is 3790. The number of fused-ring (bicyclic) bond motifs is 1. The van der Waals surface area contributed by atoms with Crippen molar-refractivity contribution < 1.29 is 52.2 Å². The fourth-order valence-electron chi connectivity index (χ4n) is 7.60. The summed E-state index contributed by atoms with van der Waals surface area (Å²) in [5, 5.41) is 12.6. The van der Waals surface area contributed by atoms with E-state index in [1.165, 1.54) is 0 Å². The van der Waals surface area contributed by atoms with Gasteiger partial charge < -0.3 is 5.11 Å². The summed E-state index contributed by atoms with van der Waals surface area (Å²) in [6.45, 7) is 3.70. The molecule has 0 unspecified atom stereocenters. The second-order valence-electron chi connectivity index (χ2n) is 19.1. The number of hydrogen-bond acceptors (Lipinski definition) is 3. The molecule has 5 heteroatoms. The summed E-state index contributed by atoms with van der Waals surface area (Å²) in [4.78, 5) is 9.79. The van der Waals surface area contributed by atoms with Gasteiger partial charge in [-0.3, -0.25) is 9.55 Å². The number of para-hydroxylation sites is 1. The SMILES string of the molecule is [2H]c1nc(-c2[c-]c(-c3cccc4c3nc(-c3cc(C(C)(C)C)cc(C(C)(C)C)c3O)n4-c3ccc(C([2H])([2H])[2H])cc3-c3ccccc3)cc(C(C)(C)C)c2)c([2H])c(-c2c([2H])c([2H])c(C(C([2H])([2H])[2H])(C([2H])([2H])[2H])C([2H])([2H])[2H])c([2H])c2[2H])c1[2H].[Pt]. The minimum atomic E-state index is -3.95. The van der Waals surface area contributed by atoms with Gasteiger partial charge in [0.1, 0.15) is 11.6 Å². The molecule has 0 atom stereocenters. The standard InChI is InChI=1S/C59H62N3O.Pt/c1-37-22-27-51(47(30-37)39-18-15-14-16-19-39)62-52-21-17-20-46(53(52)61-55(62)48-35-45(58(8,9)10)36-49(54(48)63)59(11,12)13)41-31-42(33-44(32-41)57(5,6)7)50-34-40(28-29-60-50)38-23-25-43(26-24-38)56(2,3)4;/h14-30,32-36,63H,1-13H3;/q-1;/i1D3,2D3,3D3,4D3,23D,24D,25D,26D,28D,29D,34D;. The molecular formula is C59H62N3OPt-. The van der Waals surface area contributed by atoms with Crippen molar-refractivity contribution in [3.8, 4) is 67.5 Å². The van der Waals surface area contributed by atoms with Gasteiger partial charge in [-0.05, 0) is 86.6 Å². The molecule has 0 aliphatic rings. The Morgan fingerprint density at radius 2 is 1.30 bits per heavy atom. The molecule has 8 rings (SSSR count). The third-order valence-corrected chi connectivity index (χ3v) is 11.2. The molecule has 0 fully saturated rings. The molecule has 0 radical (unpaired) electrons. The molecule has 2 heterocycles. The second kappa shape index (κ2) is 17.1.